The predicted octanol–water partition coefficient (Wildman–Crippen LogP) is 14.8. The first-order valence-electron chi connectivity index (χ1n) is 20.0. The lowest BCUT2D eigenvalue weighted by Gasteiger charge is -2.59. The van der Waals surface area contributed by atoms with Gasteiger partial charge < -0.3 is 0 Å². The van der Waals surface area contributed by atoms with Crippen molar-refractivity contribution in [2.75, 3.05) is 6.54 Å². The fraction of sp³-hybridized carbons (Fsp3) is 1.00. The SMILES string of the molecule is CCCCCC(CC)(CCCCCCCCCCCCCCCCCCC(C)(CCC)CN=O)CC1(C)C2CCC1(C)C2. The van der Waals surface area contributed by atoms with Crippen molar-refractivity contribution in [1.29, 1.82) is 0 Å². The molecule has 0 amide bonds. The normalized spacial score (nSPS) is 25.8. The van der Waals surface area contributed by atoms with Crippen LogP contribution in [0.15, 0.2) is 5.18 Å². The van der Waals surface area contributed by atoms with Crippen LogP contribution in [0.5, 0.6) is 0 Å². The maximum Gasteiger partial charge on any atom is 0.0864 e. The van der Waals surface area contributed by atoms with Crippen LogP contribution in [0.2, 0.25) is 0 Å². The third kappa shape index (κ3) is 12.7. The Morgan fingerprint density at radius 1 is 0.628 bits per heavy atom. The molecule has 0 saturated heterocycles. The highest BCUT2D eigenvalue weighted by Gasteiger charge is 2.65. The average Bonchev–Trinajstić information content (AvgIpc) is 3.51. The number of hydrogen-bond donors (Lipinski definition) is 0. The van der Waals surface area contributed by atoms with Gasteiger partial charge in [0.1, 0.15) is 0 Å². The van der Waals surface area contributed by atoms with Gasteiger partial charge in [-0.25, -0.2) is 0 Å². The number of rotatable bonds is 30. The van der Waals surface area contributed by atoms with Crippen LogP contribution in [0.3, 0.4) is 0 Å². The van der Waals surface area contributed by atoms with E-state index in [1.165, 1.54) is 173 Å². The Kier molecular flexibility index (Phi) is 18.6. The van der Waals surface area contributed by atoms with Gasteiger partial charge in [-0.1, -0.05) is 182 Å². The molecule has 3 fully saturated rings. The second-order valence-electron chi connectivity index (χ2n) is 16.9. The Bertz CT molecular complexity index is 716. The molecule has 0 heterocycles. The van der Waals surface area contributed by atoms with E-state index < -0.39 is 0 Å². The summed E-state index contributed by atoms with van der Waals surface area (Å²) in [6.07, 6.45) is 41.0. The van der Waals surface area contributed by atoms with E-state index >= 15 is 0 Å². The van der Waals surface area contributed by atoms with Gasteiger partial charge in [0.25, 0.3) is 0 Å². The van der Waals surface area contributed by atoms with Crippen LogP contribution in [0.25, 0.3) is 0 Å². The van der Waals surface area contributed by atoms with Gasteiger partial charge in [0.2, 0.25) is 0 Å². The fourth-order valence-corrected chi connectivity index (χ4v) is 9.90. The maximum absolute atomic E-state index is 10.8. The number of unbranched alkanes of at least 4 members (excludes halogenated alkanes) is 17. The summed E-state index contributed by atoms with van der Waals surface area (Å²) >= 11 is 0. The van der Waals surface area contributed by atoms with E-state index in [0.717, 1.165) is 18.8 Å². The van der Waals surface area contributed by atoms with Crippen molar-refractivity contribution in [2.45, 2.75) is 228 Å². The summed E-state index contributed by atoms with van der Waals surface area (Å²) in [5.41, 5.74) is 2.08. The summed E-state index contributed by atoms with van der Waals surface area (Å²) in [4.78, 5) is 10.8. The van der Waals surface area contributed by atoms with Crippen LogP contribution < -0.4 is 0 Å². The van der Waals surface area contributed by atoms with Crippen LogP contribution in [0.1, 0.15) is 228 Å². The quantitative estimate of drug-likeness (QED) is 0.0594. The summed E-state index contributed by atoms with van der Waals surface area (Å²) in [7, 11) is 0. The van der Waals surface area contributed by atoms with Crippen molar-refractivity contribution in [2.24, 2.45) is 32.8 Å². The number of fused-ring (bicyclic) bond motifs is 1. The largest absolute Gasteiger partial charge is 0.151 e. The Balaban J connectivity index is 1.44. The Hall–Kier alpha value is -0.400. The molecule has 2 heteroatoms. The Labute approximate surface area is 271 Å². The summed E-state index contributed by atoms with van der Waals surface area (Å²) in [5, 5.41) is 3.21. The molecular weight excluding hydrogens is 522 g/mol. The van der Waals surface area contributed by atoms with E-state index in [4.69, 9.17) is 0 Å². The number of nitroso groups, excluding NO2 is 1. The molecule has 43 heavy (non-hydrogen) atoms. The smallest absolute Gasteiger partial charge is 0.0864 e. The predicted molar refractivity (Wildman–Crippen MR) is 192 cm³/mol. The molecule has 0 aromatic rings. The van der Waals surface area contributed by atoms with Crippen LogP contribution in [-0.2, 0) is 0 Å². The highest BCUT2D eigenvalue weighted by atomic mass is 16.3. The molecule has 2 nitrogen and oxygen atoms in total. The first kappa shape index (κ1) is 38.8. The molecule has 0 spiro atoms. The zero-order chi connectivity index (χ0) is 31.5. The van der Waals surface area contributed by atoms with Crippen LogP contribution >= 0.6 is 0 Å². The topological polar surface area (TPSA) is 29.4 Å². The van der Waals surface area contributed by atoms with Gasteiger partial charge in [-0.3, -0.25) is 0 Å². The molecule has 5 atom stereocenters. The zero-order valence-corrected chi connectivity index (χ0v) is 30.6. The summed E-state index contributed by atoms with van der Waals surface area (Å²) in [6, 6.07) is 0. The van der Waals surface area contributed by atoms with E-state index in [2.05, 4.69) is 46.7 Å². The van der Waals surface area contributed by atoms with Crippen molar-refractivity contribution >= 4 is 0 Å². The molecular formula is C41H79NO. The van der Waals surface area contributed by atoms with E-state index in [-0.39, 0.29) is 5.41 Å². The van der Waals surface area contributed by atoms with Crippen molar-refractivity contribution in [3.05, 3.63) is 4.91 Å². The van der Waals surface area contributed by atoms with Gasteiger partial charge in [-0.2, -0.15) is 4.91 Å². The highest BCUT2D eigenvalue weighted by Crippen LogP contribution is 2.74. The molecule has 0 aromatic carbocycles. The van der Waals surface area contributed by atoms with E-state index in [1.807, 2.05) is 0 Å². The standard InChI is InChI=1S/C41H79NO/c1-7-10-25-31-41(9-3,35-40(6)37-28-33-39(40,5)34-37)32-27-24-22-20-18-16-14-12-11-13-15-17-19-21-23-26-30-38(4,29-8-2)36-42-43/h37H,7-36H2,1-6H3. The number of nitrogens with zero attached hydrogens (tertiary/aromatic N) is 1. The third-order valence-corrected chi connectivity index (χ3v) is 13.4. The lowest BCUT2D eigenvalue weighted by atomic mass is 9.46. The van der Waals surface area contributed by atoms with E-state index in [9.17, 15) is 4.91 Å². The molecule has 0 aliphatic heterocycles. The molecule has 254 valence electrons. The fourth-order valence-electron chi connectivity index (χ4n) is 9.90. The van der Waals surface area contributed by atoms with Gasteiger partial charge in [-0.05, 0) is 78.9 Å². The minimum absolute atomic E-state index is 0.151. The van der Waals surface area contributed by atoms with E-state index in [0.29, 0.717) is 22.8 Å². The van der Waals surface area contributed by atoms with E-state index in [1.54, 1.807) is 0 Å². The van der Waals surface area contributed by atoms with Crippen molar-refractivity contribution in [3.8, 4) is 0 Å². The van der Waals surface area contributed by atoms with Gasteiger partial charge in [-0.15, -0.1) is 0 Å². The Morgan fingerprint density at radius 3 is 1.47 bits per heavy atom. The van der Waals surface area contributed by atoms with Gasteiger partial charge >= 0.3 is 0 Å². The number of hydrogen-bond acceptors (Lipinski definition) is 2. The molecule has 3 aliphatic rings. The molecule has 0 radical (unpaired) electrons. The van der Waals surface area contributed by atoms with Crippen molar-refractivity contribution in [1.82, 2.24) is 0 Å². The second-order valence-corrected chi connectivity index (χ2v) is 16.9. The highest BCUT2D eigenvalue weighted by molar-refractivity contribution is 5.14. The monoisotopic (exact) mass is 602 g/mol. The first-order valence-corrected chi connectivity index (χ1v) is 20.0. The van der Waals surface area contributed by atoms with Gasteiger partial charge in [0, 0.05) is 0 Å². The van der Waals surface area contributed by atoms with Gasteiger partial charge in [0.15, 0.2) is 0 Å². The molecule has 3 aliphatic carbocycles. The first-order chi connectivity index (χ1) is 20.7. The summed E-state index contributed by atoms with van der Waals surface area (Å²) in [5.74, 6) is 1.04. The maximum atomic E-state index is 10.8. The molecule has 2 bridgehead atoms. The Morgan fingerprint density at radius 2 is 1.09 bits per heavy atom. The molecule has 3 saturated carbocycles. The minimum atomic E-state index is 0.151. The molecule has 0 N–H and O–H groups in total. The van der Waals surface area contributed by atoms with Crippen LogP contribution in [0, 0.1) is 32.5 Å². The third-order valence-electron chi connectivity index (χ3n) is 13.4. The average molecular weight is 602 g/mol. The summed E-state index contributed by atoms with van der Waals surface area (Å²) in [6.45, 7) is 15.2. The second kappa shape index (κ2) is 20.7. The summed E-state index contributed by atoms with van der Waals surface area (Å²) < 4.78 is 0. The van der Waals surface area contributed by atoms with Crippen molar-refractivity contribution < 1.29 is 0 Å². The van der Waals surface area contributed by atoms with Crippen LogP contribution in [-0.4, -0.2) is 6.54 Å². The lowest BCUT2D eigenvalue weighted by Crippen LogP contribution is -2.51. The molecule has 3 rings (SSSR count). The van der Waals surface area contributed by atoms with Crippen LogP contribution in [0.4, 0.5) is 0 Å². The molecule has 5 unspecified atom stereocenters. The molecule has 0 aromatic heterocycles. The van der Waals surface area contributed by atoms with Gasteiger partial charge in [0.05, 0.1) is 6.54 Å². The lowest BCUT2D eigenvalue weighted by molar-refractivity contribution is -0.0983. The minimum Gasteiger partial charge on any atom is -0.151 e. The zero-order valence-electron chi connectivity index (χ0n) is 30.6. The van der Waals surface area contributed by atoms with Crippen molar-refractivity contribution in [3.63, 3.8) is 0 Å².